The monoisotopic (exact) mass is 345 g/mol. The zero-order chi connectivity index (χ0) is 17.2. The zero-order valence-electron chi connectivity index (χ0n) is 14.1. The van der Waals surface area contributed by atoms with Gasteiger partial charge in [0.2, 0.25) is 0 Å². The number of fused-ring (bicyclic) bond motifs is 1. The minimum atomic E-state index is -3.70. The number of nitrogens with one attached hydrogen (secondary N) is 1. The zero-order valence-corrected chi connectivity index (χ0v) is 14.9. The van der Waals surface area contributed by atoms with E-state index in [2.05, 4.69) is 4.72 Å². The third kappa shape index (κ3) is 3.26. The molecule has 0 saturated carbocycles. The molecule has 1 aliphatic carbocycles. The van der Waals surface area contributed by atoms with E-state index in [-0.39, 0.29) is 4.90 Å². The number of para-hydroxylation sites is 1. The summed E-state index contributed by atoms with van der Waals surface area (Å²) in [6.45, 7) is 2.01. The van der Waals surface area contributed by atoms with Crippen LogP contribution in [-0.2, 0) is 29.3 Å². The number of benzene rings is 2. The summed E-state index contributed by atoms with van der Waals surface area (Å²) in [5, 5.41) is 0. The third-order valence-electron chi connectivity index (χ3n) is 4.56. The normalized spacial score (nSPS) is 14.1. The Labute approximate surface area is 143 Å². The number of sulfonamides is 1. The molecule has 1 aliphatic rings. The average Bonchev–Trinajstić information content (AvgIpc) is 2.60. The molecule has 3 rings (SSSR count). The van der Waals surface area contributed by atoms with Crippen LogP contribution in [0, 0.1) is 0 Å². The van der Waals surface area contributed by atoms with Crippen LogP contribution in [0.5, 0.6) is 5.75 Å². The van der Waals surface area contributed by atoms with E-state index in [0.717, 1.165) is 43.2 Å². The van der Waals surface area contributed by atoms with Gasteiger partial charge in [-0.15, -0.1) is 0 Å². The van der Waals surface area contributed by atoms with E-state index in [1.807, 2.05) is 31.2 Å². The number of ether oxygens (including phenoxy) is 1. The summed E-state index contributed by atoms with van der Waals surface area (Å²) in [5.74, 6) is 0.414. The van der Waals surface area contributed by atoms with Gasteiger partial charge in [0.15, 0.2) is 0 Å². The number of methoxy groups -OCH3 is 1. The van der Waals surface area contributed by atoms with Crippen molar-refractivity contribution in [3.8, 4) is 5.75 Å². The average molecular weight is 345 g/mol. The second-order valence-electron chi connectivity index (χ2n) is 6.10. The van der Waals surface area contributed by atoms with Crippen molar-refractivity contribution < 1.29 is 13.2 Å². The summed E-state index contributed by atoms with van der Waals surface area (Å²) in [4.78, 5) is 0.219. The van der Waals surface area contributed by atoms with E-state index in [4.69, 9.17) is 4.74 Å². The Kier molecular flexibility index (Phi) is 4.81. The topological polar surface area (TPSA) is 55.4 Å². The Morgan fingerprint density at radius 3 is 2.42 bits per heavy atom. The maximum Gasteiger partial charge on any atom is 0.265 e. The quantitative estimate of drug-likeness (QED) is 0.893. The van der Waals surface area contributed by atoms with Gasteiger partial charge in [0.1, 0.15) is 10.6 Å². The smallest absolute Gasteiger partial charge is 0.265 e. The molecule has 2 aromatic rings. The van der Waals surface area contributed by atoms with E-state index in [0.29, 0.717) is 11.4 Å². The summed E-state index contributed by atoms with van der Waals surface area (Å²) in [6, 6.07) is 11.1. The first-order valence-electron chi connectivity index (χ1n) is 8.35. The molecule has 0 fully saturated rings. The number of hydrogen-bond acceptors (Lipinski definition) is 3. The van der Waals surface area contributed by atoms with Gasteiger partial charge >= 0.3 is 0 Å². The molecule has 0 heterocycles. The Hall–Kier alpha value is -2.01. The van der Waals surface area contributed by atoms with Crippen molar-refractivity contribution in [1.29, 1.82) is 0 Å². The molecular weight excluding hydrogens is 322 g/mol. The molecule has 0 radical (unpaired) electrons. The molecule has 5 heteroatoms. The lowest BCUT2D eigenvalue weighted by molar-refractivity contribution is 0.401. The van der Waals surface area contributed by atoms with Crippen LogP contribution in [0.25, 0.3) is 0 Å². The van der Waals surface area contributed by atoms with Crippen molar-refractivity contribution in [3.63, 3.8) is 0 Å². The fraction of sp³-hybridized carbons (Fsp3) is 0.368. The SMILES string of the molecule is CCc1ccccc1NS(=O)(=O)c1cc2c(cc1OC)CCCC2. The van der Waals surface area contributed by atoms with Crippen LogP contribution in [0.3, 0.4) is 0 Å². The molecule has 0 aliphatic heterocycles. The molecule has 0 bridgehead atoms. The van der Waals surface area contributed by atoms with E-state index in [9.17, 15) is 8.42 Å². The fourth-order valence-electron chi connectivity index (χ4n) is 3.24. The van der Waals surface area contributed by atoms with Gasteiger partial charge in [-0.25, -0.2) is 8.42 Å². The molecule has 4 nitrogen and oxygen atoms in total. The predicted octanol–water partition coefficient (Wildman–Crippen LogP) is 3.94. The standard InChI is InChI=1S/C19H23NO3S/c1-3-14-8-6-7-11-17(14)20-24(21,22)19-13-16-10-5-4-9-15(16)12-18(19)23-2/h6-8,11-13,20H,3-5,9-10H2,1-2H3. The highest BCUT2D eigenvalue weighted by atomic mass is 32.2. The molecule has 0 unspecified atom stereocenters. The van der Waals surface area contributed by atoms with Crippen LogP contribution in [0.4, 0.5) is 5.69 Å². The molecule has 0 spiro atoms. The lowest BCUT2D eigenvalue weighted by Crippen LogP contribution is -2.16. The highest BCUT2D eigenvalue weighted by Gasteiger charge is 2.24. The predicted molar refractivity (Wildman–Crippen MR) is 96.3 cm³/mol. The van der Waals surface area contributed by atoms with E-state index < -0.39 is 10.0 Å². The van der Waals surface area contributed by atoms with Crippen LogP contribution in [0.15, 0.2) is 41.3 Å². The summed E-state index contributed by atoms with van der Waals surface area (Å²) in [6.07, 6.45) is 4.92. The minimum Gasteiger partial charge on any atom is -0.495 e. The van der Waals surface area contributed by atoms with Gasteiger partial charge in [0.25, 0.3) is 10.0 Å². The molecule has 2 aromatic carbocycles. The Morgan fingerprint density at radius 2 is 1.75 bits per heavy atom. The van der Waals surface area contributed by atoms with E-state index in [1.54, 1.807) is 12.1 Å². The molecule has 0 atom stereocenters. The van der Waals surface area contributed by atoms with Crippen LogP contribution in [0.2, 0.25) is 0 Å². The highest BCUT2D eigenvalue weighted by Crippen LogP contribution is 2.33. The lowest BCUT2D eigenvalue weighted by atomic mass is 9.92. The van der Waals surface area contributed by atoms with Gasteiger partial charge in [-0.3, -0.25) is 4.72 Å². The molecule has 1 N–H and O–H groups in total. The summed E-state index contributed by atoms with van der Waals surface area (Å²) >= 11 is 0. The molecule has 0 amide bonds. The van der Waals surface area contributed by atoms with Crippen molar-refractivity contribution in [2.75, 3.05) is 11.8 Å². The first-order valence-corrected chi connectivity index (χ1v) is 9.84. The maximum atomic E-state index is 12.9. The van der Waals surface area contributed by atoms with E-state index >= 15 is 0 Å². The maximum absolute atomic E-state index is 12.9. The Morgan fingerprint density at radius 1 is 1.08 bits per heavy atom. The fourth-order valence-corrected chi connectivity index (χ4v) is 4.54. The second kappa shape index (κ2) is 6.85. The van der Waals surface area contributed by atoms with Gasteiger partial charge in [-0.05, 0) is 67.0 Å². The Bertz CT molecular complexity index is 844. The first-order chi connectivity index (χ1) is 11.5. The van der Waals surface area contributed by atoms with Crippen molar-refractivity contribution >= 4 is 15.7 Å². The number of anilines is 1. The Balaban J connectivity index is 2.03. The number of hydrogen-bond donors (Lipinski definition) is 1. The molecule has 0 saturated heterocycles. The summed E-state index contributed by atoms with van der Waals surface area (Å²) < 4.78 is 34.0. The molecular formula is C19H23NO3S. The van der Waals surface area contributed by atoms with Crippen molar-refractivity contribution in [2.45, 2.75) is 43.9 Å². The lowest BCUT2D eigenvalue weighted by Gasteiger charge is -2.20. The van der Waals surface area contributed by atoms with Gasteiger partial charge in [0, 0.05) is 0 Å². The minimum absolute atomic E-state index is 0.219. The summed E-state index contributed by atoms with van der Waals surface area (Å²) in [5.41, 5.74) is 3.91. The van der Waals surface area contributed by atoms with Crippen LogP contribution >= 0.6 is 0 Å². The van der Waals surface area contributed by atoms with Crippen molar-refractivity contribution in [3.05, 3.63) is 53.1 Å². The highest BCUT2D eigenvalue weighted by molar-refractivity contribution is 7.92. The van der Waals surface area contributed by atoms with Gasteiger partial charge in [0.05, 0.1) is 12.8 Å². The largest absolute Gasteiger partial charge is 0.495 e. The number of aryl methyl sites for hydroxylation is 3. The van der Waals surface area contributed by atoms with Crippen LogP contribution in [0.1, 0.15) is 36.5 Å². The first kappa shape index (κ1) is 16.8. The van der Waals surface area contributed by atoms with Crippen LogP contribution < -0.4 is 9.46 Å². The molecule has 24 heavy (non-hydrogen) atoms. The summed E-state index contributed by atoms with van der Waals surface area (Å²) in [7, 11) is -2.18. The van der Waals surface area contributed by atoms with Gasteiger partial charge in [-0.2, -0.15) is 0 Å². The molecule has 0 aromatic heterocycles. The third-order valence-corrected chi connectivity index (χ3v) is 5.95. The number of rotatable bonds is 5. The van der Waals surface area contributed by atoms with Gasteiger partial charge < -0.3 is 4.74 Å². The second-order valence-corrected chi connectivity index (χ2v) is 7.75. The van der Waals surface area contributed by atoms with E-state index in [1.165, 1.54) is 12.7 Å². The van der Waals surface area contributed by atoms with Gasteiger partial charge in [-0.1, -0.05) is 25.1 Å². The van der Waals surface area contributed by atoms with Crippen LogP contribution in [-0.4, -0.2) is 15.5 Å². The van der Waals surface area contributed by atoms with Crippen molar-refractivity contribution in [2.24, 2.45) is 0 Å². The molecule has 128 valence electrons. The van der Waals surface area contributed by atoms with Crippen molar-refractivity contribution in [1.82, 2.24) is 0 Å².